The highest BCUT2D eigenvalue weighted by molar-refractivity contribution is 7.89. The largest absolute Gasteiger partial charge is 0.354 e. The predicted octanol–water partition coefficient (Wildman–Crippen LogP) is 3.49. The quantitative estimate of drug-likeness (QED) is 0.600. The molecule has 33 heavy (non-hydrogen) atoms. The third-order valence-electron chi connectivity index (χ3n) is 6.51. The van der Waals surface area contributed by atoms with E-state index in [0.717, 1.165) is 33.5 Å². The van der Waals surface area contributed by atoms with Gasteiger partial charge in [-0.3, -0.25) is 4.79 Å². The Morgan fingerprint density at radius 3 is 2.36 bits per heavy atom. The number of hydrogen-bond donors (Lipinski definition) is 1. The van der Waals surface area contributed by atoms with Crippen molar-refractivity contribution < 1.29 is 13.2 Å². The van der Waals surface area contributed by atoms with Gasteiger partial charge in [-0.15, -0.1) is 0 Å². The Morgan fingerprint density at radius 2 is 1.70 bits per heavy atom. The maximum absolute atomic E-state index is 13.3. The maximum atomic E-state index is 13.3. The fourth-order valence-corrected chi connectivity index (χ4v) is 6.86. The number of nitrogens with zero attached hydrogens (tertiary/aromatic N) is 3. The highest BCUT2D eigenvalue weighted by atomic mass is 32.2. The molecule has 4 rings (SSSR count). The molecule has 2 aromatic carbocycles. The van der Waals surface area contributed by atoms with Crippen LogP contribution in [0.5, 0.6) is 0 Å². The van der Waals surface area contributed by atoms with Crippen LogP contribution in [-0.4, -0.2) is 47.8 Å². The Kier molecular flexibility index (Phi) is 6.59. The van der Waals surface area contributed by atoms with E-state index in [1.807, 2.05) is 64.1 Å². The third-order valence-corrected chi connectivity index (χ3v) is 8.71. The van der Waals surface area contributed by atoms with Crippen LogP contribution in [0.1, 0.15) is 35.4 Å². The topological polar surface area (TPSA) is 84.3 Å². The zero-order valence-corrected chi connectivity index (χ0v) is 20.6. The summed E-state index contributed by atoms with van der Waals surface area (Å²) >= 11 is 0. The van der Waals surface area contributed by atoms with Crippen molar-refractivity contribution in [3.63, 3.8) is 0 Å². The predicted molar refractivity (Wildman–Crippen MR) is 130 cm³/mol. The molecule has 1 saturated heterocycles. The van der Waals surface area contributed by atoms with E-state index in [4.69, 9.17) is 0 Å². The van der Waals surface area contributed by atoms with Crippen molar-refractivity contribution in [2.75, 3.05) is 19.6 Å². The lowest BCUT2D eigenvalue weighted by atomic mass is 9.97. The van der Waals surface area contributed by atoms with Crippen LogP contribution >= 0.6 is 0 Å². The van der Waals surface area contributed by atoms with Crippen molar-refractivity contribution in [3.8, 4) is 0 Å². The molecule has 0 bridgehead atoms. The number of carbonyl (C=O) groups excluding carboxylic acids is 1. The molecule has 3 aromatic rings. The number of amides is 1. The number of fused-ring (bicyclic) bond motifs is 1. The van der Waals surface area contributed by atoms with Crippen LogP contribution in [0.4, 0.5) is 0 Å². The van der Waals surface area contributed by atoms with Crippen molar-refractivity contribution in [3.05, 3.63) is 58.9 Å². The number of carbonyl (C=O) groups is 1. The summed E-state index contributed by atoms with van der Waals surface area (Å²) < 4.78 is 30.2. The molecule has 1 amide bonds. The standard InChI is InChI=1S/C25H32N4O3S/c1-17-15-18(2)24(19(3)16-17)33(31,32)28-12-9-21(10-13-28)25(30)26-11-14-29-20(4)27-22-7-5-6-8-23(22)29/h5-8,15-16,21H,9-14H2,1-4H3,(H,26,30). The number of benzene rings is 2. The van der Waals surface area contributed by atoms with Gasteiger partial charge in [-0.2, -0.15) is 4.31 Å². The number of imidazole rings is 1. The van der Waals surface area contributed by atoms with Gasteiger partial charge in [0.25, 0.3) is 0 Å². The van der Waals surface area contributed by atoms with Crippen LogP contribution in [-0.2, 0) is 21.4 Å². The molecule has 0 saturated carbocycles. The van der Waals surface area contributed by atoms with Crippen LogP contribution in [0, 0.1) is 33.6 Å². The van der Waals surface area contributed by atoms with Crippen molar-refractivity contribution in [2.24, 2.45) is 5.92 Å². The number of nitrogens with one attached hydrogen (secondary N) is 1. The Bertz CT molecular complexity index is 1270. The van der Waals surface area contributed by atoms with E-state index < -0.39 is 10.0 Å². The number of rotatable bonds is 6. The zero-order chi connectivity index (χ0) is 23.8. The Morgan fingerprint density at radius 1 is 1.06 bits per heavy atom. The first kappa shape index (κ1) is 23.4. The highest BCUT2D eigenvalue weighted by Gasteiger charge is 2.33. The van der Waals surface area contributed by atoms with Gasteiger partial charge in [0.15, 0.2) is 0 Å². The zero-order valence-electron chi connectivity index (χ0n) is 19.8. The first-order valence-electron chi connectivity index (χ1n) is 11.5. The number of aromatic nitrogens is 2. The third kappa shape index (κ3) is 4.68. The molecule has 1 aliphatic heterocycles. The Labute approximate surface area is 195 Å². The van der Waals surface area contributed by atoms with Gasteiger partial charge in [0.2, 0.25) is 15.9 Å². The fourth-order valence-electron chi connectivity index (χ4n) is 4.97. The molecule has 0 atom stereocenters. The van der Waals surface area contributed by atoms with Gasteiger partial charge in [0.1, 0.15) is 5.82 Å². The average Bonchev–Trinajstić information content (AvgIpc) is 3.08. The van der Waals surface area contributed by atoms with Gasteiger partial charge >= 0.3 is 0 Å². The highest BCUT2D eigenvalue weighted by Crippen LogP contribution is 2.29. The van der Waals surface area contributed by atoms with Gasteiger partial charge in [0.05, 0.1) is 15.9 Å². The number of aryl methyl sites for hydroxylation is 4. The first-order valence-corrected chi connectivity index (χ1v) is 12.9. The van der Waals surface area contributed by atoms with Crippen molar-refractivity contribution >= 4 is 27.0 Å². The molecule has 1 aliphatic rings. The number of sulfonamides is 1. The average molecular weight is 469 g/mol. The van der Waals surface area contributed by atoms with E-state index in [-0.39, 0.29) is 11.8 Å². The summed E-state index contributed by atoms with van der Waals surface area (Å²) in [7, 11) is -3.57. The Balaban J connectivity index is 1.34. The van der Waals surface area contributed by atoms with E-state index in [1.165, 1.54) is 4.31 Å². The molecule has 1 aromatic heterocycles. The van der Waals surface area contributed by atoms with Gasteiger partial charge in [-0.1, -0.05) is 29.8 Å². The smallest absolute Gasteiger partial charge is 0.243 e. The second-order valence-corrected chi connectivity index (χ2v) is 10.9. The van der Waals surface area contributed by atoms with E-state index in [9.17, 15) is 13.2 Å². The summed E-state index contributed by atoms with van der Waals surface area (Å²) in [5.41, 5.74) is 4.61. The van der Waals surface area contributed by atoms with Crippen molar-refractivity contribution in [2.45, 2.75) is 52.0 Å². The van der Waals surface area contributed by atoms with Crippen LogP contribution < -0.4 is 5.32 Å². The van der Waals surface area contributed by atoms with Gasteiger partial charge in [0, 0.05) is 32.1 Å². The van der Waals surface area contributed by atoms with Gasteiger partial charge < -0.3 is 9.88 Å². The molecule has 8 heteroatoms. The molecule has 0 unspecified atom stereocenters. The van der Waals surface area contributed by atoms with Gasteiger partial charge in [-0.25, -0.2) is 13.4 Å². The second kappa shape index (κ2) is 9.27. The summed E-state index contributed by atoms with van der Waals surface area (Å²) in [6.45, 7) is 9.51. The van der Waals surface area contributed by atoms with Crippen LogP contribution in [0.2, 0.25) is 0 Å². The summed E-state index contributed by atoms with van der Waals surface area (Å²) in [6.07, 6.45) is 1.06. The minimum absolute atomic E-state index is 0.00295. The molecule has 176 valence electrons. The molecular weight excluding hydrogens is 436 g/mol. The van der Waals surface area contributed by atoms with E-state index in [1.54, 1.807) is 0 Å². The molecule has 2 heterocycles. The lowest BCUT2D eigenvalue weighted by Gasteiger charge is -2.31. The molecule has 0 spiro atoms. The second-order valence-electron chi connectivity index (χ2n) is 9.00. The normalized spacial score (nSPS) is 15.8. The van der Waals surface area contributed by atoms with Gasteiger partial charge in [-0.05, 0) is 63.8 Å². The fraction of sp³-hybridized carbons (Fsp3) is 0.440. The summed E-state index contributed by atoms with van der Waals surface area (Å²) in [4.78, 5) is 17.7. The SMILES string of the molecule is Cc1cc(C)c(S(=O)(=O)N2CCC(C(=O)NCCn3c(C)nc4ccccc43)CC2)c(C)c1. The molecule has 1 N–H and O–H groups in total. The molecule has 7 nitrogen and oxygen atoms in total. The minimum atomic E-state index is -3.57. The minimum Gasteiger partial charge on any atom is -0.354 e. The number of hydrogen-bond acceptors (Lipinski definition) is 4. The summed E-state index contributed by atoms with van der Waals surface area (Å²) in [5, 5.41) is 3.04. The van der Waals surface area contributed by atoms with Crippen LogP contribution in [0.15, 0.2) is 41.3 Å². The molecule has 0 radical (unpaired) electrons. The monoisotopic (exact) mass is 468 g/mol. The molecule has 0 aliphatic carbocycles. The van der Waals surface area contributed by atoms with Crippen LogP contribution in [0.25, 0.3) is 11.0 Å². The van der Waals surface area contributed by atoms with E-state index >= 15 is 0 Å². The number of piperidine rings is 1. The van der Waals surface area contributed by atoms with Crippen molar-refractivity contribution in [1.82, 2.24) is 19.2 Å². The van der Waals surface area contributed by atoms with Crippen LogP contribution in [0.3, 0.4) is 0 Å². The van der Waals surface area contributed by atoms with Crippen molar-refractivity contribution in [1.29, 1.82) is 0 Å². The lowest BCUT2D eigenvalue weighted by molar-refractivity contribution is -0.126. The van der Waals surface area contributed by atoms with E-state index in [0.29, 0.717) is 43.9 Å². The summed E-state index contributed by atoms with van der Waals surface area (Å²) in [5.74, 6) is 0.750. The molecular formula is C25H32N4O3S. The lowest BCUT2D eigenvalue weighted by Crippen LogP contribution is -2.43. The Hall–Kier alpha value is -2.71. The summed E-state index contributed by atoms with van der Waals surface area (Å²) in [6, 6.07) is 11.8. The van der Waals surface area contributed by atoms with E-state index in [2.05, 4.69) is 14.9 Å². The first-order chi connectivity index (χ1) is 15.7. The maximum Gasteiger partial charge on any atom is 0.243 e. The molecule has 1 fully saturated rings. The number of para-hydroxylation sites is 2.